The van der Waals surface area contributed by atoms with Gasteiger partial charge >= 0.3 is 0 Å². The molecular weight excluding hydrogens is 180 g/mol. The topological polar surface area (TPSA) is 58.3 Å². The van der Waals surface area contributed by atoms with Crippen molar-refractivity contribution in [3.8, 4) is 0 Å². The maximum Gasteiger partial charge on any atom is 0.129 e. The van der Waals surface area contributed by atoms with Crippen LogP contribution in [0.25, 0.3) is 0 Å². The quantitative estimate of drug-likeness (QED) is 0.771. The number of hydrogen-bond donors (Lipinski definition) is 2. The van der Waals surface area contributed by atoms with Crippen molar-refractivity contribution in [2.45, 2.75) is 39.3 Å². The van der Waals surface area contributed by atoms with Gasteiger partial charge in [0.1, 0.15) is 6.26 Å². The van der Waals surface area contributed by atoms with E-state index in [-0.39, 0.29) is 5.54 Å². The van der Waals surface area contributed by atoms with Crippen LogP contribution in [0.3, 0.4) is 0 Å². The van der Waals surface area contributed by atoms with Crippen LogP contribution in [0.4, 0.5) is 0 Å². The number of aryl methyl sites for hydroxylation is 1. The molecule has 1 heterocycles. The zero-order valence-corrected chi connectivity index (χ0v) is 9.16. The van der Waals surface area contributed by atoms with E-state index in [4.69, 9.17) is 4.52 Å². The number of rotatable bonds is 3. The van der Waals surface area contributed by atoms with E-state index in [9.17, 15) is 5.11 Å². The van der Waals surface area contributed by atoms with Crippen LogP contribution < -0.4 is 5.32 Å². The molecule has 14 heavy (non-hydrogen) atoms. The first-order chi connectivity index (χ1) is 6.40. The molecule has 0 saturated carbocycles. The molecule has 1 rings (SSSR count). The number of β-amino-alcohol motifs (C(OH)–C–C–N with tert-alkyl or cyclic N) is 1. The molecule has 1 unspecified atom stereocenters. The molecule has 0 spiro atoms. The van der Waals surface area contributed by atoms with E-state index in [0.29, 0.717) is 6.54 Å². The predicted octanol–water partition coefficient (Wildman–Crippen LogP) is 1.40. The van der Waals surface area contributed by atoms with E-state index in [0.717, 1.165) is 11.3 Å². The first-order valence-corrected chi connectivity index (χ1v) is 4.74. The number of aliphatic hydroxyl groups excluding tert-OH is 1. The Hall–Kier alpha value is -0.870. The van der Waals surface area contributed by atoms with E-state index in [1.165, 1.54) is 6.26 Å². The Bertz CT molecular complexity index is 289. The summed E-state index contributed by atoms with van der Waals surface area (Å²) in [6, 6.07) is 0. The summed E-state index contributed by atoms with van der Waals surface area (Å²) in [6.45, 7) is 8.49. The smallest absolute Gasteiger partial charge is 0.129 e. The van der Waals surface area contributed by atoms with Crippen LogP contribution in [-0.4, -0.2) is 22.3 Å². The molecule has 0 aliphatic rings. The van der Waals surface area contributed by atoms with Crippen LogP contribution in [0, 0.1) is 6.92 Å². The van der Waals surface area contributed by atoms with E-state index >= 15 is 0 Å². The summed E-state index contributed by atoms with van der Waals surface area (Å²) >= 11 is 0. The molecule has 0 aromatic carbocycles. The van der Waals surface area contributed by atoms with Gasteiger partial charge in [-0.05, 0) is 27.7 Å². The minimum atomic E-state index is -0.555. The highest BCUT2D eigenvalue weighted by atomic mass is 16.5. The second-order valence-electron chi connectivity index (χ2n) is 4.50. The highest BCUT2D eigenvalue weighted by Crippen LogP contribution is 2.16. The first-order valence-electron chi connectivity index (χ1n) is 4.74. The Morgan fingerprint density at radius 3 is 2.64 bits per heavy atom. The highest BCUT2D eigenvalue weighted by Gasteiger charge is 2.16. The minimum Gasteiger partial charge on any atom is -0.387 e. The van der Waals surface area contributed by atoms with Gasteiger partial charge in [0.2, 0.25) is 0 Å². The largest absolute Gasteiger partial charge is 0.387 e. The molecule has 1 aromatic heterocycles. The van der Waals surface area contributed by atoms with Gasteiger partial charge in [0.25, 0.3) is 0 Å². The number of nitrogens with zero attached hydrogens (tertiary/aromatic N) is 1. The zero-order valence-electron chi connectivity index (χ0n) is 9.16. The number of hydrogen-bond acceptors (Lipinski definition) is 4. The highest BCUT2D eigenvalue weighted by molar-refractivity contribution is 5.16. The first kappa shape index (κ1) is 11.2. The Morgan fingerprint density at radius 1 is 1.57 bits per heavy atom. The van der Waals surface area contributed by atoms with Crippen molar-refractivity contribution in [3.05, 3.63) is 17.5 Å². The summed E-state index contributed by atoms with van der Waals surface area (Å²) in [7, 11) is 0. The third kappa shape index (κ3) is 3.12. The van der Waals surface area contributed by atoms with Crippen LogP contribution in [-0.2, 0) is 0 Å². The predicted molar refractivity (Wildman–Crippen MR) is 54.0 cm³/mol. The molecule has 0 bridgehead atoms. The molecular formula is C10H18N2O2. The van der Waals surface area contributed by atoms with Crippen molar-refractivity contribution in [2.75, 3.05) is 6.54 Å². The fourth-order valence-electron chi connectivity index (χ4n) is 1.13. The summed E-state index contributed by atoms with van der Waals surface area (Å²) in [6.07, 6.45) is 0.935. The Balaban J connectivity index is 2.51. The van der Waals surface area contributed by atoms with E-state index in [1.807, 2.05) is 6.92 Å². The standard InChI is InChI=1S/C10H18N2O2/c1-7-8(6-14-12-7)9(13)5-11-10(2,3)4/h6,9,11,13H,5H2,1-4H3. The van der Waals surface area contributed by atoms with Crippen molar-refractivity contribution in [1.82, 2.24) is 10.5 Å². The number of nitrogens with one attached hydrogen (secondary N) is 1. The monoisotopic (exact) mass is 198 g/mol. The molecule has 0 aliphatic carbocycles. The molecule has 0 amide bonds. The Labute approximate surface area is 84.3 Å². The second-order valence-corrected chi connectivity index (χ2v) is 4.50. The van der Waals surface area contributed by atoms with Crippen LogP contribution in [0.5, 0.6) is 0 Å². The molecule has 0 aliphatic heterocycles. The van der Waals surface area contributed by atoms with Gasteiger partial charge in [0.15, 0.2) is 0 Å². The van der Waals surface area contributed by atoms with Gasteiger partial charge in [-0.3, -0.25) is 0 Å². The lowest BCUT2D eigenvalue weighted by atomic mass is 10.1. The van der Waals surface area contributed by atoms with Crippen molar-refractivity contribution in [1.29, 1.82) is 0 Å². The fourth-order valence-corrected chi connectivity index (χ4v) is 1.13. The average molecular weight is 198 g/mol. The van der Waals surface area contributed by atoms with Crippen LogP contribution in [0.15, 0.2) is 10.8 Å². The summed E-state index contributed by atoms with van der Waals surface area (Å²) in [5.41, 5.74) is 1.50. The fraction of sp³-hybridized carbons (Fsp3) is 0.700. The van der Waals surface area contributed by atoms with Crippen LogP contribution in [0.1, 0.15) is 38.1 Å². The molecule has 1 atom stereocenters. The maximum absolute atomic E-state index is 9.79. The van der Waals surface area contributed by atoms with Crippen molar-refractivity contribution >= 4 is 0 Å². The maximum atomic E-state index is 9.79. The lowest BCUT2D eigenvalue weighted by molar-refractivity contribution is 0.162. The van der Waals surface area contributed by atoms with Gasteiger partial charge in [-0.1, -0.05) is 5.16 Å². The summed E-state index contributed by atoms with van der Waals surface area (Å²) in [5.74, 6) is 0. The average Bonchev–Trinajstić information content (AvgIpc) is 2.46. The molecule has 4 nitrogen and oxygen atoms in total. The normalized spacial score (nSPS) is 14.4. The SMILES string of the molecule is Cc1nocc1C(O)CNC(C)(C)C. The third-order valence-corrected chi connectivity index (χ3v) is 1.97. The molecule has 2 N–H and O–H groups in total. The Morgan fingerprint density at radius 2 is 2.21 bits per heavy atom. The summed E-state index contributed by atoms with van der Waals surface area (Å²) in [4.78, 5) is 0. The summed E-state index contributed by atoms with van der Waals surface area (Å²) in [5, 5.41) is 16.7. The van der Waals surface area contributed by atoms with Crippen molar-refractivity contribution < 1.29 is 9.63 Å². The van der Waals surface area contributed by atoms with Crippen molar-refractivity contribution in [2.24, 2.45) is 0 Å². The molecule has 80 valence electrons. The van der Waals surface area contributed by atoms with Crippen LogP contribution >= 0.6 is 0 Å². The Kier molecular flexibility index (Phi) is 3.29. The van der Waals surface area contributed by atoms with Gasteiger partial charge in [-0.15, -0.1) is 0 Å². The minimum absolute atomic E-state index is 0.00600. The van der Waals surface area contributed by atoms with Crippen LogP contribution in [0.2, 0.25) is 0 Å². The molecule has 1 aromatic rings. The van der Waals surface area contributed by atoms with Gasteiger partial charge in [0.05, 0.1) is 11.8 Å². The second kappa shape index (κ2) is 4.11. The molecule has 0 saturated heterocycles. The third-order valence-electron chi connectivity index (χ3n) is 1.97. The molecule has 0 fully saturated rings. The van der Waals surface area contributed by atoms with E-state index in [1.54, 1.807) is 0 Å². The lowest BCUT2D eigenvalue weighted by Gasteiger charge is -2.22. The van der Waals surface area contributed by atoms with Gasteiger partial charge < -0.3 is 14.9 Å². The summed E-state index contributed by atoms with van der Waals surface area (Å²) < 4.78 is 4.76. The lowest BCUT2D eigenvalue weighted by Crippen LogP contribution is -2.38. The number of aromatic nitrogens is 1. The molecule has 0 radical (unpaired) electrons. The molecule has 4 heteroatoms. The van der Waals surface area contributed by atoms with Gasteiger partial charge in [-0.25, -0.2) is 0 Å². The number of aliphatic hydroxyl groups is 1. The van der Waals surface area contributed by atoms with E-state index < -0.39 is 6.10 Å². The van der Waals surface area contributed by atoms with Crippen molar-refractivity contribution in [3.63, 3.8) is 0 Å². The van der Waals surface area contributed by atoms with E-state index in [2.05, 4.69) is 31.2 Å². The van der Waals surface area contributed by atoms with Gasteiger partial charge in [-0.2, -0.15) is 0 Å². The van der Waals surface area contributed by atoms with Gasteiger partial charge in [0, 0.05) is 17.6 Å². The zero-order chi connectivity index (χ0) is 10.8.